The molecule has 0 radical (unpaired) electrons. The smallest absolute Gasteiger partial charge is 0.0201 e. The number of rotatable bonds is 12. The summed E-state index contributed by atoms with van der Waals surface area (Å²) in [6.45, 7) is 19.8. The molecule has 0 aromatic rings. The van der Waals surface area contributed by atoms with Crippen LogP contribution in [-0.2, 0) is 0 Å². The van der Waals surface area contributed by atoms with Crippen LogP contribution in [0.5, 0.6) is 0 Å². The van der Waals surface area contributed by atoms with Gasteiger partial charge in [-0.3, -0.25) is 0 Å². The highest BCUT2D eigenvalue weighted by Crippen LogP contribution is 2.17. The lowest BCUT2D eigenvalue weighted by Crippen LogP contribution is -2.31. The summed E-state index contributed by atoms with van der Waals surface area (Å²) in [6, 6.07) is 4.70. The fourth-order valence-electron chi connectivity index (χ4n) is 4.54. The van der Waals surface area contributed by atoms with Crippen LogP contribution in [0.4, 0.5) is 0 Å². The van der Waals surface area contributed by atoms with Crippen molar-refractivity contribution in [3.05, 3.63) is 0 Å². The highest BCUT2D eigenvalue weighted by molar-refractivity contribution is 4.78. The van der Waals surface area contributed by atoms with Crippen LogP contribution in [0.15, 0.2) is 0 Å². The molecule has 3 saturated carbocycles. The predicted molar refractivity (Wildman–Crippen MR) is 231 cm³/mol. The summed E-state index contributed by atoms with van der Waals surface area (Å²) in [6.07, 6.45) is 17.7. The fourth-order valence-corrected chi connectivity index (χ4v) is 4.54. The van der Waals surface area contributed by atoms with Gasteiger partial charge in [-0.05, 0) is 153 Å². The maximum atomic E-state index is 4.50. The van der Waals surface area contributed by atoms with Crippen molar-refractivity contribution in [1.82, 2.24) is 47.9 Å². The number of hydrogen-bond acceptors (Lipinski definition) is 10. The van der Waals surface area contributed by atoms with Crippen molar-refractivity contribution in [2.24, 2.45) is 11.7 Å². The normalized spacial score (nSPS) is 17.4. The van der Waals surface area contributed by atoms with E-state index in [0.717, 1.165) is 55.8 Å². The Kier molecular flexibility index (Phi) is 59.7. The molecule has 0 spiro atoms. The molecule has 3 aliphatic carbocycles. The first-order valence-electron chi connectivity index (χ1n) is 20.6. The zero-order valence-electron chi connectivity index (χ0n) is 37.1. The van der Waals surface area contributed by atoms with Gasteiger partial charge in [0.1, 0.15) is 0 Å². The lowest BCUT2D eigenvalue weighted by molar-refractivity contribution is 0.361. The summed E-state index contributed by atoms with van der Waals surface area (Å²) in [4.78, 5) is 0. The SMILES string of the molecule is CCC(CC)NC.CCCNC.CN.CNC(C)C.CNC1CC1.CNC1CCC1.CNC1CCCC1.CNC1CCNC1.CNCC(C)C. The third-order valence-corrected chi connectivity index (χ3v) is 8.81. The van der Waals surface area contributed by atoms with E-state index in [1.54, 1.807) is 0 Å². The van der Waals surface area contributed by atoms with E-state index in [9.17, 15) is 0 Å². The molecule has 1 heterocycles. The Morgan fingerprint density at radius 2 is 0.980 bits per heavy atom. The van der Waals surface area contributed by atoms with E-state index in [1.807, 2.05) is 49.3 Å². The van der Waals surface area contributed by atoms with E-state index in [4.69, 9.17) is 0 Å². The molecule has 310 valence electrons. The molecular formula is C40H100N10. The summed E-state index contributed by atoms with van der Waals surface area (Å²) in [5, 5.41) is 28.4. The van der Waals surface area contributed by atoms with Crippen LogP contribution in [0.1, 0.15) is 132 Å². The van der Waals surface area contributed by atoms with Crippen LogP contribution in [0.2, 0.25) is 0 Å². The first-order valence-corrected chi connectivity index (χ1v) is 20.6. The zero-order chi connectivity index (χ0) is 39.4. The summed E-state index contributed by atoms with van der Waals surface area (Å²) >= 11 is 0. The molecule has 0 bridgehead atoms. The predicted octanol–water partition coefficient (Wildman–Crippen LogP) is 4.90. The van der Waals surface area contributed by atoms with Crippen LogP contribution >= 0.6 is 0 Å². The molecule has 11 N–H and O–H groups in total. The Morgan fingerprint density at radius 1 is 0.560 bits per heavy atom. The molecule has 4 aliphatic rings. The van der Waals surface area contributed by atoms with E-state index >= 15 is 0 Å². The largest absolute Gasteiger partial charge is 0.333 e. The highest BCUT2D eigenvalue weighted by atomic mass is 15.0. The lowest BCUT2D eigenvalue weighted by Gasteiger charge is -2.23. The molecule has 1 atom stereocenters. The van der Waals surface area contributed by atoms with Crippen molar-refractivity contribution in [1.29, 1.82) is 0 Å². The first kappa shape index (κ1) is 58.9. The van der Waals surface area contributed by atoms with E-state index in [0.29, 0.717) is 6.04 Å². The van der Waals surface area contributed by atoms with Crippen molar-refractivity contribution >= 4 is 0 Å². The average Bonchev–Trinajstić information content (AvgIpc) is 3.53. The number of nitrogens with two attached hydrogens (primary N) is 1. The van der Waals surface area contributed by atoms with Gasteiger partial charge in [-0.15, -0.1) is 0 Å². The van der Waals surface area contributed by atoms with Gasteiger partial charge in [-0.1, -0.05) is 67.7 Å². The van der Waals surface area contributed by atoms with Gasteiger partial charge in [0.15, 0.2) is 0 Å². The Hall–Kier alpha value is -0.400. The fraction of sp³-hybridized carbons (Fsp3) is 1.00. The van der Waals surface area contributed by atoms with Crippen molar-refractivity contribution < 1.29 is 0 Å². The average molecular weight is 721 g/mol. The van der Waals surface area contributed by atoms with Crippen LogP contribution < -0.4 is 53.6 Å². The second-order valence-electron chi connectivity index (χ2n) is 14.0. The summed E-state index contributed by atoms with van der Waals surface area (Å²) < 4.78 is 0. The minimum Gasteiger partial charge on any atom is -0.333 e. The van der Waals surface area contributed by atoms with E-state index < -0.39 is 0 Å². The maximum Gasteiger partial charge on any atom is 0.0201 e. The van der Waals surface area contributed by atoms with Gasteiger partial charge in [-0.2, -0.15) is 0 Å². The monoisotopic (exact) mass is 721 g/mol. The lowest BCUT2D eigenvalue weighted by atomic mass is 9.94. The molecule has 0 aromatic carbocycles. The summed E-state index contributed by atoms with van der Waals surface area (Å²) in [5.41, 5.74) is 4.50. The standard InChI is InChI=1S/C6H13N.C6H15N.C5H12N2.C5H11N.C5H13N.C4H9N.2C4H11N.CH5N/c1-7-6-4-2-3-5-6;1-4-6(5-2)7-3;1-6-5-2-3-7-4-5;1-6-5-3-2-4-5;1-5(2)4-6-3;1-5-4-2-3-4;1-4(2)5-3;1-3-4-5-2;1-2/h6-7H,2-5H2,1H3;6-7H,4-5H2,1-3H3;5-7H,2-4H2,1H3;5-6H,2-4H2,1H3;5-6H,4H2,1-3H3;4-5H,2-3H2,1H3;4-5H,1-3H3;5H,3-4H2,1-2H3;2H2,1H3. The van der Waals surface area contributed by atoms with Gasteiger partial charge in [0, 0.05) is 42.8 Å². The maximum absolute atomic E-state index is 4.50. The second-order valence-corrected chi connectivity index (χ2v) is 14.0. The quantitative estimate of drug-likeness (QED) is 0.136. The zero-order valence-corrected chi connectivity index (χ0v) is 37.1. The number of likely N-dealkylation sites (N-methyl/N-ethyl adjacent to an activating group) is 1. The molecular weight excluding hydrogens is 621 g/mol. The molecule has 1 aliphatic heterocycles. The molecule has 10 nitrogen and oxygen atoms in total. The van der Waals surface area contributed by atoms with Crippen LogP contribution in [0.25, 0.3) is 0 Å². The van der Waals surface area contributed by atoms with Crippen LogP contribution in [0.3, 0.4) is 0 Å². The Morgan fingerprint density at radius 3 is 1.06 bits per heavy atom. The minimum absolute atomic E-state index is 0.634. The number of hydrogen-bond donors (Lipinski definition) is 10. The molecule has 10 heteroatoms. The molecule has 0 amide bonds. The molecule has 1 unspecified atom stereocenters. The van der Waals surface area contributed by atoms with Crippen LogP contribution in [-0.4, -0.2) is 126 Å². The topological polar surface area (TPSA) is 134 Å². The van der Waals surface area contributed by atoms with Gasteiger partial charge in [0.25, 0.3) is 0 Å². The van der Waals surface area contributed by atoms with E-state index in [2.05, 4.69) is 109 Å². The minimum atomic E-state index is 0.634. The van der Waals surface area contributed by atoms with Crippen LogP contribution in [0, 0.1) is 5.92 Å². The Bertz CT molecular complexity index is 497. The molecule has 0 aromatic heterocycles. The number of nitrogens with one attached hydrogen (secondary N) is 9. The van der Waals surface area contributed by atoms with Crippen molar-refractivity contribution in [2.45, 2.75) is 168 Å². The third kappa shape index (κ3) is 54.4. The van der Waals surface area contributed by atoms with Crippen molar-refractivity contribution in [2.75, 3.05) is 89.6 Å². The molecule has 4 fully saturated rings. The van der Waals surface area contributed by atoms with Gasteiger partial charge >= 0.3 is 0 Å². The molecule has 1 saturated heterocycles. The van der Waals surface area contributed by atoms with Gasteiger partial charge < -0.3 is 53.6 Å². The van der Waals surface area contributed by atoms with Gasteiger partial charge in [0.2, 0.25) is 0 Å². The summed E-state index contributed by atoms with van der Waals surface area (Å²) in [5.74, 6) is 0.787. The van der Waals surface area contributed by atoms with E-state index in [1.165, 1.54) is 97.1 Å². The highest BCUT2D eigenvalue weighted by Gasteiger charge is 2.17. The van der Waals surface area contributed by atoms with Crippen molar-refractivity contribution in [3.63, 3.8) is 0 Å². The summed E-state index contributed by atoms with van der Waals surface area (Å²) in [7, 11) is 17.5. The van der Waals surface area contributed by atoms with E-state index in [-0.39, 0.29) is 0 Å². The molecule has 4 rings (SSSR count). The first-order chi connectivity index (χ1) is 24.0. The second kappa shape index (κ2) is 50.7. The molecule has 50 heavy (non-hydrogen) atoms. The van der Waals surface area contributed by atoms with Crippen molar-refractivity contribution in [3.8, 4) is 0 Å². The van der Waals surface area contributed by atoms with Gasteiger partial charge in [-0.25, -0.2) is 0 Å². The van der Waals surface area contributed by atoms with Gasteiger partial charge in [0.05, 0.1) is 0 Å². The Balaban J connectivity index is -0.000000154. The Labute approximate surface area is 316 Å². The third-order valence-electron chi connectivity index (χ3n) is 8.81.